The molecule has 0 spiro atoms. The molecule has 0 atom stereocenters. The Morgan fingerprint density at radius 2 is 1.88 bits per heavy atom. The Morgan fingerprint density at radius 3 is 2.56 bits per heavy atom. The predicted molar refractivity (Wildman–Crippen MR) is 131 cm³/mol. The summed E-state index contributed by atoms with van der Waals surface area (Å²) in [5.74, 6) is -1.64. The lowest BCUT2D eigenvalue weighted by atomic mass is 10.1. The van der Waals surface area contributed by atoms with Gasteiger partial charge in [0.1, 0.15) is 5.69 Å². The van der Waals surface area contributed by atoms with Crippen molar-refractivity contribution in [2.75, 3.05) is 19.0 Å². The van der Waals surface area contributed by atoms with Gasteiger partial charge in [-0.25, -0.2) is 4.79 Å². The van der Waals surface area contributed by atoms with E-state index in [1.54, 1.807) is 68.0 Å². The highest BCUT2D eigenvalue weighted by Gasteiger charge is 2.17. The van der Waals surface area contributed by atoms with Gasteiger partial charge in [-0.1, -0.05) is 31.5 Å². The van der Waals surface area contributed by atoms with Gasteiger partial charge in [-0.05, 0) is 48.4 Å². The number of carbonyl (C=O) groups is 3. The van der Waals surface area contributed by atoms with Crippen LogP contribution >= 0.6 is 11.6 Å². The Bertz CT molecular complexity index is 1220. The normalized spacial score (nSPS) is 11.1. The summed E-state index contributed by atoms with van der Waals surface area (Å²) in [6, 6.07) is 11.8. The summed E-state index contributed by atoms with van der Waals surface area (Å²) < 4.78 is 6.80. The fourth-order valence-corrected chi connectivity index (χ4v) is 3.79. The van der Waals surface area contributed by atoms with Crippen molar-refractivity contribution in [1.29, 1.82) is 0 Å². The highest BCUT2D eigenvalue weighted by atomic mass is 35.5. The molecule has 1 aromatic heterocycles. The lowest BCUT2D eigenvalue weighted by Crippen LogP contribution is -2.27. The second-order valence-corrected chi connectivity index (χ2v) is 8.65. The van der Waals surface area contributed by atoms with E-state index in [4.69, 9.17) is 16.3 Å². The number of amides is 2. The van der Waals surface area contributed by atoms with E-state index in [1.807, 2.05) is 0 Å². The largest absolute Gasteiger partial charge is 0.477 e. The zero-order valence-corrected chi connectivity index (χ0v) is 20.1. The third-order valence-electron chi connectivity index (χ3n) is 5.38. The van der Waals surface area contributed by atoms with Gasteiger partial charge in [-0.2, -0.15) is 0 Å². The Morgan fingerprint density at radius 1 is 1.12 bits per heavy atom. The number of fused-ring (bicyclic) bond motifs is 1. The monoisotopic (exact) mass is 485 g/mol. The first-order valence-corrected chi connectivity index (χ1v) is 11.3. The van der Waals surface area contributed by atoms with Crippen molar-refractivity contribution in [2.24, 2.45) is 5.92 Å². The summed E-state index contributed by atoms with van der Waals surface area (Å²) in [6.45, 7) is 4.92. The first kappa shape index (κ1) is 25.3. The predicted octanol–water partition coefficient (Wildman–Crippen LogP) is 4.55. The number of carboxylic acids is 1. The summed E-state index contributed by atoms with van der Waals surface area (Å²) in [5.41, 5.74) is 2.47. The molecule has 0 aliphatic carbocycles. The van der Waals surface area contributed by atoms with Crippen LogP contribution in [0.15, 0.2) is 42.5 Å². The van der Waals surface area contributed by atoms with Gasteiger partial charge in [0.15, 0.2) is 0 Å². The number of carbonyl (C=O) groups excluding carboxylic acids is 2. The van der Waals surface area contributed by atoms with E-state index in [2.05, 4.69) is 10.6 Å². The van der Waals surface area contributed by atoms with Crippen molar-refractivity contribution in [3.05, 3.63) is 64.3 Å². The molecule has 3 rings (SSSR count). The molecule has 9 heteroatoms. The molecule has 0 fully saturated rings. The fraction of sp³-hybridized carbons (Fsp3) is 0.320. The number of aromatic carboxylic acids is 1. The zero-order valence-electron chi connectivity index (χ0n) is 19.4. The van der Waals surface area contributed by atoms with E-state index in [0.717, 1.165) is 11.1 Å². The van der Waals surface area contributed by atoms with Crippen molar-refractivity contribution in [2.45, 2.75) is 33.4 Å². The van der Waals surface area contributed by atoms with Crippen LogP contribution in [0.2, 0.25) is 5.02 Å². The first-order valence-electron chi connectivity index (χ1n) is 10.9. The molecule has 2 amide bonds. The maximum atomic E-state index is 12.9. The van der Waals surface area contributed by atoms with E-state index < -0.39 is 11.9 Å². The van der Waals surface area contributed by atoms with Gasteiger partial charge in [-0.15, -0.1) is 0 Å². The number of rotatable bonds is 10. The maximum Gasteiger partial charge on any atom is 0.352 e. The quantitative estimate of drug-likeness (QED) is 0.365. The maximum absolute atomic E-state index is 12.9. The van der Waals surface area contributed by atoms with Crippen molar-refractivity contribution < 1.29 is 24.2 Å². The van der Waals surface area contributed by atoms with Crippen molar-refractivity contribution in [3.8, 4) is 0 Å². The number of aromatic nitrogens is 1. The molecule has 180 valence electrons. The fourth-order valence-electron chi connectivity index (χ4n) is 3.58. The molecule has 0 saturated heterocycles. The number of hydrogen-bond acceptors (Lipinski definition) is 4. The molecule has 0 bridgehead atoms. The summed E-state index contributed by atoms with van der Waals surface area (Å²) >= 11 is 6.26. The molecule has 3 aromatic rings. The van der Waals surface area contributed by atoms with Crippen LogP contribution in [0, 0.1) is 5.92 Å². The summed E-state index contributed by atoms with van der Waals surface area (Å²) in [5, 5.41) is 16.2. The summed E-state index contributed by atoms with van der Waals surface area (Å²) in [7, 11) is 1.60. The Kier molecular flexibility index (Phi) is 8.31. The van der Waals surface area contributed by atoms with E-state index in [9.17, 15) is 19.5 Å². The number of hydrogen-bond donors (Lipinski definition) is 3. The van der Waals surface area contributed by atoms with Crippen LogP contribution in [0.25, 0.3) is 10.9 Å². The number of nitrogens with one attached hydrogen (secondary N) is 2. The van der Waals surface area contributed by atoms with E-state index >= 15 is 0 Å². The van der Waals surface area contributed by atoms with Crippen LogP contribution in [0.5, 0.6) is 0 Å². The number of halogens is 1. The molecule has 0 aliphatic rings. The lowest BCUT2D eigenvalue weighted by molar-refractivity contribution is -0.124. The van der Waals surface area contributed by atoms with Crippen LogP contribution in [0.4, 0.5) is 5.69 Å². The lowest BCUT2D eigenvalue weighted by Gasteiger charge is -2.11. The molecule has 8 nitrogen and oxygen atoms in total. The molecular formula is C25H28ClN3O5. The Hall–Kier alpha value is -3.36. The summed E-state index contributed by atoms with van der Waals surface area (Å²) in [6.07, 6.45) is 0.672. The standard InChI is InChI=1S/C25H28ClN3O5/c1-15(2)23(30)27-14-16-5-7-20(26)19(11-16)24(31)28-18-6-8-21-17(12-18)13-22(25(32)33)29(21)9-4-10-34-3/h5-8,11-13,15H,4,9-10,14H2,1-3H3,(H,27,30)(H,28,31)(H,32,33). The second-order valence-electron chi connectivity index (χ2n) is 8.25. The zero-order chi connectivity index (χ0) is 24.8. The number of methoxy groups -OCH3 is 1. The Labute approximate surface area is 202 Å². The van der Waals surface area contributed by atoms with Crippen LogP contribution in [-0.2, 0) is 22.6 Å². The number of aryl methyl sites for hydroxylation is 1. The van der Waals surface area contributed by atoms with Gasteiger partial charge in [-0.3, -0.25) is 9.59 Å². The third-order valence-corrected chi connectivity index (χ3v) is 5.70. The van der Waals surface area contributed by atoms with Crippen LogP contribution in [0.1, 0.15) is 46.7 Å². The minimum absolute atomic E-state index is 0.0795. The highest BCUT2D eigenvalue weighted by molar-refractivity contribution is 6.34. The molecule has 3 N–H and O–H groups in total. The van der Waals surface area contributed by atoms with Gasteiger partial charge in [0.05, 0.1) is 10.6 Å². The minimum Gasteiger partial charge on any atom is -0.477 e. The van der Waals surface area contributed by atoms with Gasteiger partial charge in [0.25, 0.3) is 5.91 Å². The van der Waals surface area contributed by atoms with E-state index in [-0.39, 0.29) is 34.6 Å². The molecular weight excluding hydrogens is 458 g/mol. The molecule has 0 saturated carbocycles. The molecule has 2 aromatic carbocycles. The van der Waals surface area contributed by atoms with Crippen LogP contribution in [0.3, 0.4) is 0 Å². The van der Waals surface area contributed by atoms with E-state index in [0.29, 0.717) is 30.6 Å². The molecule has 1 heterocycles. The number of ether oxygens (including phenoxy) is 1. The number of benzene rings is 2. The minimum atomic E-state index is -1.02. The topological polar surface area (TPSA) is 110 Å². The highest BCUT2D eigenvalue weighted by Crippen LogP contribution is 2.26. The third kappa shape index (κ3) is 5.95. The number of anilines is 1. The van der Waals surface area contributed by atoms with Gasteiger partial charge in [0.2, 0.25) is 5.91 Å². The SMILES string of the molecule is COCCCn1c(C(=O)O)cc2cc(NC(=O)c3cc(CNC(=O)C(C)C)ccc3Cl)ccc21. The molecule has 34 heavy (non-hydrogen) atoms. The number of nitrogens with zero attached hydrogens (tertiary/aromatic N) is 1. The van der Waals surface area contributed by atoms with E-state index in [1.165, 1.54) is 0 Å². The van der Waals surface area contributed by atoms with Crippen molar-refractivity contribution >= 4 is 46.0 Å². The van der Waals surface area contributed by atoms with Gasteiger partial charge < -0.3 is 25.0 Å². The number of carboxylic acid groups (broad SMARTS) is 1. The van der Waals surface area contributed by atoms with Crippen molar-refractivity contribution in [3.63, 3.8) is 0 Å². The van der Waals surface area contributed by atoms with Gasteiger partial charge in [0, 0.05) is 49.3 Å². The average Bonchev–Trinajstić information content (AvgIpc) is 3.16. The first-order chi connectivity index (χ1) is 16.2. The smallest absolute Gasteiger partial charge is 0.352 e. The Balaban J connectivity index is 1.81. The van der Waals surface area contributed by atoms with Crippen molar-refractivity contribution in [1.82, 2.24) is 9.88 Å². The average molecular weight is 486 g/mol. The summed E-state index contributed by atoms with van der Waals surface area (Å²) in [4.78, 5) is 36.5. The van der Waals surface area contributed by atoms with Crippen LogP contribution < -0.4 is 10.6 Å². The van der Waals surface area contributed by atoms with Crippen LogP contribution in [-0.4, -0.2) is 41.2 Å². The molecule has 0 radical (unpaired) electrons. The van der Waals surface area contributed by atoms with Gasteiger partial charge >= 0.3 is 5.97 Å². The molecule has 0 aliphatic heterocycles. The molecule has 0 unspecified atom stereocenters. The second kappa shape index (κ2) is 11.2.